The van der Waals surface area contributed by atoms with Crippen LogP contribution in [0, 0.1) is 12.8 Å². The molecular weight excluding hydrogens is 497 g/mol. The summed E-state index contributed by atoms with van der Waals surface area (Å²) in [7, 11) is -3.90. The molecule has 182 valence electrons. The SMILES string of the molecule is Cc1cc(Cl)ccc1NS(=O)(=O)c1ccc2c(c1)[C@H]1C=CC[C@H]1[C@@H](c1ccccc1C(F)(F)F)N2. The molecule has 4 nitrogen and oxygen atoms in total. The highest BCUT2D eigenvalue weighted by atomic mass is 35.5. The zero-order valence-electron chi connectivity index (χ0n) is 18.6. The lowest BCUT2D eigenvalue weighted by Gasteiger charge is -2.38. The fourth-order valence-electron chi connectivity index (χ4n) is 5.02. The Morgan fingerprint density at radius 1 is 1.03 bits per heavy atom. The quantitative estimate of drug-likeness (QED) is 0.356. The summed E-state index contributed by atoms with van der Waals surface area (Å²) in [5.41, 5.74) is 2.02. The van der Waals surface area contributed by atoms with Crippen molar-refractivity contribution in [1.29, 1.82) is 0 Å². The van der Waals surface area contributed by atoms with E-state index in [0.717, 1.165) is 11.6 Å². The Hall–Kier alpha value is -2.97. The van der Waals surface area contributed by atoms with Crippen molar-refractivity contribution in [1.82, 2.24) is 0 Å². The molecule has 9 heteroatoms. The summed E-state index contributed by atoms with van der Waals surface area (Å²) in [5.74, 6) is -0.375. The normalized spacial score (nSPS) is 21.2. The van der Waals surface area contributed by atoms with Crippen LogP contribution in [-0.4, -0.2) is 8.42 Å². The lowest BCUT2D eigenvalue weighted by molar-refractivity contribution is -0.138. The van der Waals surface area contributed by atoms with Crippen LogP contribution >= 0.6 is 11.6 Å². The maximum absolute atomic E-state index is 13.7. The van der Waals surface area contributed by atoms with E-state index in [1.54, 1.807) is 43.3 Å². The van der Waals surface area contributed by atoms with Gasteiger partial charge in [0.05, 0.1) is 22.2 Å². The van der Waals surface area contributed by atoms with Crippen LogP contribution in [0.3, 0.4) is 0 Å². The molecule has 0 amide bonds. The molecule has 0 saturated carbocycles. The van der Waals surface area contributed by atoms with Crippen LogP contribution in [-0.2, 0) is 16.2 Å². The van der Waals surface area contributed by atoms with E-state index in [9.17, 15) is 21.6 Å². The molecule has 0 unspecified atom stereocenters. The van der Waals surface area contributed by atoms with E-state index < -0.39 is 27.8 Å². The first-order valence-electron chi connectivity index (χ1n) is 11.1. The Morgan fingerprint density at radius 3 is 2.54 bits per heavy atom. The Morgan fingerprint density at radius 2 is 1.80 bits per heavy atom. The molecule has 2 N–H and O–H groups in total. The lowest BCUT2D eigenvalue weighted by atomic mass is 9.76. The van der Waals surface area contributed by atoms with Gasteiger partial charge in [-0.05, 0) is 78.4 Å². The van der Waals surface area contributed by atoms with Crippen molar-refractivity contribution in [3.63, 3.8) is 0 Å². The van der Waals surface area contributed by atoms with Gasteiger partial charge in [-0.15, -0.1) is 0 Å². The van der Waals surface area contributed by atoms with Crippen LogP contribution in [0.2, 0.25) is 5.02 Å². The molecule has 1 aliphatic heterocycles. The van der Waals surface area contributed by atoms with Crippen molar-refractivity contribution in [3.05, 3.63) is 100 Å². The van der Waals surface area contributed by atoms with Gasteiger partial charge in [-0.1, -0.05) is 42.0 Å². The number of anilines is 2. The van der Waals surface area contributed by atoms with Crippen LogP contribution in [0.5, 0.6) is 0 Å². The van der Waals surface area contributed by atoms with E-state index in [2.05, 4.69) is 10.0 Å². The zero-order chi connectivity index (χ0) is 25.0. The van der Waals surface area contributed by atoms with Crippen molar-refractivity contribution in [2.45, 2.75) is 36.4 Å². The minimum atomic E-state index is -4.47. The third-order valence-corrected chi connectivity index (χ3v) is 8.28. The highest BCUT2D eigenvalue weighted by molar-refractivity contribution is 7.92. The van der Waals surface area contributed by atoms with Gasteiger partial charge >= 0.3 is 6.18 Å². The summed E-state index contributed by atoms with van der Waals surface area (Å²) in [4.78, 5) is 0.0839. The monoisotopic (exact) mass is 518 g/mol. The Labute approximate surface area is 206 Å². The van der Waals surface area contributed by atoms with Crippen LogP contribution < -0.4 is 10.0 Å². The maximum Gasteiger partial charge on any atom is 0.416 e. The maximum atomic E-state index is 13.7. The van der Waals surface area contributed by atoms with Gasteiger partial charge in [-0.3, -0.25) is 4.72 Å². The molecule has 0 radical (unpaired) electrons. The molecular formula is C26H22ClF3N2O2S. The molecule has 0 spiro atoms. The van der Waals surface area contributed by atoms with Crippen molar-refractivity contribution >= 4 is 33.0 Å². The molecule has 5 rings (SSSR count). The largest absolute Gasteiger partial charge is 0.416 e. The van der Waals surface area contributed by atoms with Crippen molar-refractivity contribution in [3.8, 4) is 0 Å². The topological polar surface area (TPSA) is 58.2 Å². The van der Waals surface area contributed by atoms with Gasteiger partial charge in [0.15, 0.2) is 0 Å². The predicted octanol–water partition coefficient (Wildman–Crippen LogP) is 7.29. The van der Waals surface area contributed by atoms with Crippen LogP contribution in [0.1, 0.15) is 40.6 Å². The Kier molecular flexibility index (Phi) is 5.84. The molecule has 0 fully saturated rings. The van der Waals surface area contributed by atoms with Gasteiger partial charge in [0.25, 0.3) is 10.0 Å². The minimum Gasteiger partial charge on any atom is -0.378 e. The van der Waals surface area contributed by atoms with Crippen LogP contribution in [0.15, 0.2) is 77.7 Å². The number of alkyl halides is 3. The average molecular weight is 519 g/mol. The lowest BCUT2D eigenvalue weighted by Crippen LogP contribution is -2.31. The van der Waals surface area contributed by atoms with Gasteiger partial charge in [0, 0.05) is 16.6 Å². The fourth-order valence-corrected chi connectivity index (χ4v) is 6.41. The molecule has 0 aromatic heterocycles. The highest BCUT2D eigenvalue weighted by Gasteiger charge is 2.42. The second-order valence-electron chi connectivity index (χ2n) is 8.87. The van der Waals surface area contributed by atoms with E-state index in [4.69, 9.17) is 11.6 Å². The third-order valence-electron chi connectivity index (χ3n) is 6.68. The number of hydrogen-bond donors (Lipinski definition) is 2. The first-order valence-corrected chi connectivity index (χ1v) is 12.9. The Balaban J connectivity index is 1.51. The van der Waals surface area contributed by atoms with Gasteiger partial charge in [0.1, 0.15) is 0 Å². The fraction of sp³-hybridized carbons (Fsp3) is 0.231. The summed E-state index contributed by atoms with van der Waals surface area (Å²) in [6, 6.07) is 14.6. The van der Waals surface area contributed by atoms with Gasteiger partial charge < -0.3 is 5.32 Å². The molecule has 1 heterocycles. The number of aryl methyl sites for hydroxylation is 1. The first-order chi connectivity index (χ1) is 16.5. The number of hydrogen-bond acceptors (Lipinski definition) is 3. The average Bonchev–Trinajstić information content (AvgIpc) is 3.30. The van der Waals surface area contributed by atoms with E-state index in [1.807, 2.05) is 12.2 Å². The van der Waals surface area contributed by atoms with E-state index in [0.29, 0.717) is 28.4 Å². The van der Waals surface area contributed by atoms with Crippen LogP contribution in [0.4, 0.5) is 24.5 Å². The molecule has 1 aliphatic carbocycles. The Bertz CT molecular complexity index is 1440. The van der Waals surface area contributed by atoms with Crippen molar-refractivity contribution in [2.75, 3.05) is 10.0 Å². The number of halogens is 4. The number of fused-ring (bicyclic) bond motifs is 3. The summed E-state index contributed by atoms with van der Waals surface area (Å²) >= 11 is 5.97. The summed E-state index contributed by atoms with van der Waals surface area (Å²) in [5, 5.41) is 3.78. The molecule has 0 bridgehead atoms. The summed E-state index contributed by atoms with van der Waals surface area (Å²) in [6.45, 7) is 1.76. The second kappa shape index (κ2) is 8.60. The zero-order valence-corrected chi connectivity index (χ0v) is 20.2. The van der Waals surface area contributed by atoms with Crippen LogP contribution in [0.25, 0.3) is 0 Å². The van der Waals surface area contributed by atoms with E-state index in [-0.39, 0.29) is 22.3 Å². The summed E-state index contributed by atoms with van der Waals surface area (Å²) < 4.78 is 70.1. The number of nitrogens with one attached hydrogen (secondary N) is 2. The number of sulfonamides is 1. The highest BCUT2D eigenvalue weighted by Crippen LogP contribution is 2.51. The summed E-state index contributed by atoms with van der Waals surface area (Å²) in [6.07, 6.45) is 0.0309. The minimum absolute atomic E-state index is 0.0839. The number of allylic oxidation sites excluding steroid dienone is 2. The van der Waals surface area contributed by atoms with E-state index in [1.165, 1.54) is 18.2 Å². The smallest absolute Gasteiger partial charge is 0.378 e. The van der Waals surface area contributed by atoms with Crippen molar-refractivity contribution in [2.24, 2.45) is 5.92 Å². The van der Waals surface area contributed by atoms with Gasteiger partial charge in [-0.25, -0.2) is 8.42 Å². The molecule has 35 heavy (non-hydrogen) atoms. The van der Waals surface area contributed by atoms with Gasteiger partial charge in [-0.2, -0.15) is 13.2 Å². The second-order valence-corrected chi connectivity index (χ2v) is 11.0. The van der Waals surface area contributed by atoms with E-state index >= 15 is 0 Å². The third kappa shape index (κ3) is 4.41. The van der Waals surface area contributed by atoms with Gasteiger partial charge in [0.2, 0.25) is 0 Å². The molecule has 2 aliphatic rings. The number of benzene rings is 3. The molecule has 0 saturated heterocycles. The molecule has 3 aromatic rings. The molecule has 3 atom stereocenters. The first kappa shape index (κ1) is 23.8. The predicted molar refractivity (Wildman–Crippen MR) is 131 cm³/mol. The number of rotatable bonds is 4. The van der Waals surface area contributed by atoms with Crippen molar-refractivity contribution < 1.29 is 21.6 Å². The molecule has 3 aromatic carbocycles. The standard InChI is InChI=1S/C26H22ClF3N2O2S/c1-15-13-16(27)9-11-23(15)32-35(33,34)17-10-12-24-21(14-17)18-6-4-7-19(18)25(31-24)20-5-2-3-8-22(20)26(28,29)30/h2-6,8-14,18-19,25,31-32H,7H2,1H3/t18-,19+,25-/m0/s1.